The molecule has 1 aliphatic rings. The summed E-state index contributed by atoms with van der Waals surface area (Å²) >= 11 is 0. The van der Waals surface area contributed by atoms with E-state index in [1.165, 1.54) is 11.8 Å². The van der Waals surface area contributed by atoms with Gasteiger partial charge in [0.05, 0.1) is 5.57 Å². The Morgan fingerprint density at radius 3 is 2.07 bits per heavy atom. The molecule has 150 valence electrons. The fraction of sp³-hybridized carbons (Fsp3) is 0.261. The van der Waals surface area contributed by atoms with E-state index in [-0.39, 0.29) is 29.3 Å². The van der Waals surface area contributed by atoms with Crippen LogP contribution < -0.4 is 10.6 Å². The summed E-state index contributed by atoms with van der Waals surface area (Å²) in [7, 11) is 0. The molecule has 3 rings (SSSR count). The number of carbonyl (C=O) groups excluding carboxylic acids is 3. The van der Waals surface area contributed by atoms with E-state index in [0.29, 0.717) is 23.4 Å². The van der Waals surface area contributed by atoms with E-state index in [2.05, 4.69) is 10.6 Å². The molecular weight excluding hydrogens is 366 g/mol. The van der Waals surface area contributed by atoms with Crippen LogP contribution in [0, 0.1) is 12.8 Å². The van der Waals surface area contributed by atoms with Crippen molar-refractivity contribution in [3.05, 3.63) is 65.4 Å². The third-order valence-corrected chi connectivity index (χ3v) is 4.53. The summed E-state index contributed by atoms with van der Waals surface area (Å²) in [5, 5.41) is 5.85. The van der Waals surface area contributed by atoms with E-state index in [9.17, 15) is 14.4 Å². The number of nitrogens with one attached hydrogen (secondary N) is 2. The lowest BCUT2D eigenvalue weighted by Gasteiger charge is -2.17. The minimum atomic E-state index is -0.329. The molecular formula is C23H25N3O3. The van der Waals surface area contributed by atoms with Gasteiger partial charge in [-0.15, -0.1) is 0 Å². The molecule has 0 saturated carbocycles. The second-order valence-electron chi connectivity index (χ2n) is 7.61. The lowest BCUT2D eigenvalue weighted by Crippen LogP contribution is -2.35. The van der Waals surface area contributed by atoms with E-state index in [4.69, 9.17) is 0 Å². The van der Waals surface area contributed by atoms with Crippen LogP contribution in [0.15, 0.2) is 54.2 Å². The molecule has 1 heterocycles. The van der Waals surface area contributed by atoms with Gasteiger partial charge in [0.15, 0.2) is 0 Å². The maximum atomic E-state index is 13.1. The van der Waals surface area contributed by atoms with Crippen LogP contribution in [0.2, 0.25) is 0 Å². The highest BCUT2D eigenvalue weighted by atomic mass is 16.2. The Hall–Kier alpha value is -3.41. The third-order valence-electron chi connectivity index (χ3n) is 4.53. The summed E-state index contributed by atoms with van der Waals surface area (Å²) in [6.07, 6.45) is 0. The summed E-state index contributed by atoms with van der Waals surface area (Å²) in [6.45, 7) is 7.70. The first-order valence-electron chi connectivity index (χ1n) is 9.58. The first-order valence-corrected chi connectivity index (χ1v) is 9.58. The third kappa shape index (κ3) is 4.54. The molecule has 2 aromatic rings. The fourth-order valence-electron chi connectivity index (χ4n) is 3.20. The molecule has 0 unspecified atom stereocenters. The van der Waals surface area contributed by atoms with Crippen LogP contribution in [0.5, 0.6) is 0 Å². The molecule has 0 spiro atoms. The van der Waals surface area contributed by atoms with Crippen molar-refractivity contribution in [2.24, 2.45) is 5.92 Å². The normalized spacial score (nSPS) is 14.0. The Labute approximate surface area is 170 Å². The van der Waals surface area contributed by atoms with Gasteiger partial charge >= 0.3 is 0 Å². The molecule has 0 bridgehead atoms. The molecule has 29 heavy (non-hydrogen) atoms. The van der Waals surface area contributed by atoms with Gasteiger partial charge in [-0.25, -0.2) is 0 Å². The molecule has 0 saturated heterocycles. The van der Waals surface area contributed by atoms with Crippen LogP contribution in [0.4, 0.5) is 11.4 Å². The van der Waals surface area contributed by atoms with E-state index in [1.807, 2.05) is 45.0 Å². The van der Waals surface area contributed by atoms with E-state index >= 15 is 0 Å². The highest BCUT2D eigenvalue weighted by molar-refractivity contribution is 6.36. The van der Waals surface area contributed by atoms with Gasteiger partial charge in [-0.2, -0.15) is 0 Å². The van der Waals surface area contributed by atoms with Gasteiger partial charge < -0.3 is 10.6 Å². The number of hydrogen-bond acceptors (Lipinski definition) is 4. The molecule has 6 nitrogen and oxygen atoms in total. The van der Waals surface area contributed by atoms with Crippen molar-refractivity contribution < 1.29 is 14.4 Å². The topological polar surface area (TPSA) is 78.5 Å². The number of rotatable bonds is 6. The molecule has 3 amide bonds. The number of hydrogen-bond donors (Lipinski definition) is 2. The first kappa shape index (κ1) is 20.3. The predicted octanol–water partition coefficient (Wildman–Crippen LogP) is 3.80. The number of aryl methyl sites for hydroxylation is 1. The second kappa shape index (κ2) is 8.31. The van der Waals surface area contributed by atoms with Crippen molar-refractivity contribution in [2.45, 2.75) is 27.7 Å². The molecule has 0 fully saturated rings. The molecule has 0 radical (unpaired) electrons. The van der Waals surface area contributed by atoms with E-state index in [1.54, 1.807) is 24.3 Å². The molecule has 0 atom stereocenters. The molecule has 0 aliphatic carbocycles. The number of nitrogens with zero attached hydrogens (tertiary/aromatic N) is 1. The van der Waals surface area contributed by atoms with Gasteiger partial charge in [0.2, 0.25) is 5.91 Å². The fourth-order valence-corrected chi connectivity index (χ4v) is 3.20. The zero-order valence-electron chi connectivity index (χ0n) is 17.1. The van der Waals surface area contributed by atoms with Crippen molar-refractivity contribution in [3.63, 3.8) is 0 Å². The van der Waals surface area contributed by atoms with Gasteiger partial charge in [-0.3, -0.25) is 19.3 Å². The monoisotopic (exact) mass is 391 g/mol. The van der Waals surface area contributed by atoms with Crippen molar-refractivity contribution in [3.8, 4) is 0 Å². The van der Waals surface area contributed by atoms with Crippen molar-refractivity contribution in [1.29, 1.82) is 0 Å². The number of imide groups is 1. The van der Waals surface area contributed by atoms with Crippen LogP contribution >= 0.6 is 0 Å². The average molecular weight is 391 g/mol. The standard InChI is InChI=1S/C23H25N3O3/c1-14(2)13-26-22(28)20(17-7-11-18(12-8-17)24-16(4)27)21(23(26)29)25-19-9-5-15(3)6-10-19/h5-12,14,25H,13H2,1-4H3,(H,24,27). The summed E-state index contributed by atoms with van der Waals surface area (Å²) in [4.78, 5) is 38.7. The average Bonchev–Trinajstić information content (AvgIpc) is 2.88. The van der Waals surface area contributed by atoms with Crippen molar-refractivity contribution in [2.75, 3.05) is 17.2 Å². The summed E-state index contributed by atoms with van der Waals surface area (Å²) in [6, 6.07) is 14.6. The Morgan fingerprint density at radius 1 is 0.931 bits per heavy atom. The zero-order chi connectivity index (χ0) is 21.1. The Bertz CT molecular complexity index is 973. The van der Waals surface area contributed by atoms with Gasteiger partial charge in [0.25, 0.3) is 11.8 Å². The van der Waals surface area contributed by atoms with E-state index in [0.717, 1.165) is 11.3 Å². The second-order valence-corrected chi connectivity index (χ2v) is 7.61. The largest absolute Gasteiger partial charge is 0.350 e. The number of carbonyl (C=O) groups is 3. The Balaban J connectivity index is 2.01. The number of amides is 3. The van der Waals surface area contributed by atoms with Crippen molar-refractivity contribution in [1.82, 2.24) is 4.90 Å². The lowest BCUT2D eigenvalue weighted by molar-refractivity contribution is -0.137. The molecule has 0 aromatic heterocycles. The highest BCUT2D eigenvalue weighted by Crippen LogP contribution is 2.31. The Kier molecular flexibility index (Phi) is 5.82. The number of anilines is 2. The molecule has 6 heteroatoms. The first-order chi connectivity index (χ1) is 13.8. The highest BCUT2D eigenvalue weighted by Gasteiger charge is 2.39. The minimum Gasteiger partial charge on any atom is -0.350 e. The molecule has 1 aliphatic heterocycles. The smallest absolute Gasteiger partial charge is 0.278 e. The molecule has 2 aromatic carbocycles. The maximum absolute atomic E-state index is 13.1. The van der Waals surface area contributed by atoms with E-state index < -0.39 is 0 Å². The SMILES string of the molecule is CC(=O)Nc1ccc(C2=C(Nc3ccc(C)cc3)C(=O)N(CC(C)C)C2=O)cc1. The quantitative estimate of drug-likeness (QED) is 0.734. The maximum Gasteiger partial charge on any atom is 0.278 e. The van der Waals surface area contributed by atoms with Gasteiger partial charge in [-0.1, -0.05) is 43.7 Å². The lowest BCUT2D eigenvalue weighted by atomic mass is 10.0. The zero-order valence-corrected chi connectivity index (χ0v) is 17.1. The van der Waals surface area contributed by atoms with Crippen LogP contribution in [-0.4, -0.2) is 29.2 Å². The minimum absolute atomic E-state index is 0.157. The summed E-state index contributed by atoms with van der Waals surface area (Å²) in [5.41, 5.74) is 3.71. The van der Waals surface area contributed by atoms with Gasteiger partial charge in [0.1, 0.15) is 5.70 Å². The summed E-state index contributed by atoms with van der Waals surface area (Å²) < 4.78 is 0. The van der Waals surface area contributed by atoms with Gasteiger partial charge in [-0.05, 0) is 42.7 Å². The number of benzene rings is 2. The molecule has 2 N–H and O–H groups in total. The predicted molar refractivity (Wildman–Crippen MR) is 114 cm³/mol. The van der Waals surface area contributed by atoms with Gasteiger partial charge in [0, 0.05) is 24.8 Å². The van der Waals surface area contributed by atoms with Crippen LogP contribution in [-0.2, 0) is 14.4 Å². The van der Waals surface area contributed by atoms with Crippen LogP contribution in [0.3, 0.4) is 0 Å². The van der Waals surface area contributed by atoms with Crippen LogP contribution in [0.25, 0.3) is 5.57 Å². The Morgan fingerprint density at radius 2 is 1.52 bits per heavy atom. The van der Waals surface area contributed by atoms with Crippen molar-refractivity contribution >= 4 is 34.7 Å². The summed E-state index contributed by atoms with van der Waals surface area (Å²) in [5.74, 6) is -0.658. The van der Waals surface area contributed by atoms with Crippen LogP contribution in [0.1, 0.15) is 31.9 Å².